The van der Waals surface area contributed by atoms with Gasteiger partial charge in [0.05, 0.1) is 38.6 Å². The third kappa shape index (κ3) is 51.8. The maximum absolute atomic E-state index is 13.5. The van der Waals surface area contributed by atoms with Crippen LogP contribution in [0.25, 0.3) is 0 Å². The van der Waals surface area contributed by atoms with Crippen molar-refractivity contribution >= 4 is 5.91 Å². The van der Waals surface area contributed by atoms with Crippen molar-refractivity contribution in [2.24, 2.45) is 0 Å². The van der Waals surface area contributed by atoms with Crippen LogP contribution in [-0.2, 0) is 33.2 Å². The molecule has 19 heteroatoms. The maximum Gasteiger partial charge on any atom is 0.220 e. The summed E-state index contributed by atoms with van der Waals surface area (Å²) in [5, 5.41) is 121. The lowest BCUT2D eigenvalue weighted by molar-refractivity contribution is -0.379. The van der Waals surface area contributed by atoms with Crippen molar-refractivity contribution in [1.82, 2.24) is 5.32 Å². The Morgan fingerprint density at radius 3 is 0.947 bits per heavy atom. The Morgan fingerprint density at radius 2 is 0.605 bits per heavy atom. The largest absolute Gasteiger partial charge is 0.394 e. The molecule has 3 aliphatic rings. The number of nitrogens with one attached hydrogen (secondary N) is 1. The van der Waals surface area contributed by atoms with Crippen molar-refractivity contribution in [2.75, 3.05) is 26.4 Å². The van der Waals surface area contributed by atoms with E-state index in [-0.39, 0.29) is 18.9 Å². The molecule has 0 spiro atoms. The van der Waals surface area contributed by atoms with E-state index in [2.05, 4.69) is 79.9 Å². The number of allylic oxidation sites excluding steroid dienone is 11. The van der Waals surface area contributed by atoms with E-state index in [9.17, 15) is 61.0 Å². The van der Waals surface area contributed by atoms with Crippen LogP contribution in [0.1, 0.15) is 393 Å². The second-order valence-corrected chi connectivity index (χ2v) is 33.5. The molecule has 0 radical (unpaired) electrons. The molecular formula is C95H173NO18. The van der Waals surface area contributed by atoms with Crippen molar-refractivity contribution in [3.05, 3.63) is 72.9 Å². The molecule has 0 bridgehead atoms. The molecule has 0 aromatic carbocycles. The highest BCUT2D eigenvalue weighted by atomic mass is 16.8. The molecule has 3 aliphatic heterocycles. The van der Waals surface area contributed by atoms with Crippen molar-refractivity contribution < 1.29 is 89.4 Å². The summed E-state index contributed by atoms with van der Waals surface area (Å²) < 4.78 is 34.6. The number of amides is 1. The summed E-state index contributed by atoms with van der Waals surface area (Å²) in [6.45, 7) is 1.69. The van der Waals surface area contributed by atoms with Gasteiger partial charge in [0.2, 0.25) is 5.91 Å². The molecular weight excluding hydrogens is 1440 g/mol. The third-order valence-electron chi connectivity index (χ3n) is 23.3. The highest BCUT2D eigenvalue weighted by Crippen LogP contribution is 2.34. The Labute approximate surface area is 693 Å². The number of carbonyl (C=O) groups is 1. The molecule has 19 nitrogen and oxygen atoms in total. The van der Waals surface area contributed by atoms with Crippen molar-refractivity contribution in [3.63, 3.8) is 0 Å². The van der Waals surface area contributed by atoms with Crippen LogP contribution in [0.4, 0.5) is 0 Å². The van der Waals surface area contributed by atoms with Crippen molar-refractivity contribution in [3.8, 4) is 0 Å². The van der Waals surface area contributed by atoms with Gasteiger partial charge in [-0.3, -0.25) is 4.79 Å². The van der Waals surface area contributed by atoms with Gasteiger partial charge in [0.1, 0.15) is 73.2 Å². The monoisotopic (exact) mass is 1620 g/mol. The van der Waals surface area contributed by atoms with E-state index < -0.39 is 124 Å². The first kappa shape index (κ1) is 105. The molecule has 3 saturated heterocycles. The first-order chi connectivity index (χ1) is 55.8. The maximum atomic E-state index is 13.5. The van der Waals surface area contributed by atoms with E-state index in [1.54, 1.807) is 6.08 Å². The molecule has 666 valence electrons. The lowest BCUT2D eigenvalue weighted by Gasteiger charge is -2.48. The number of aliphatic hydroxyl groups excluding tert-OH is 11. The predicted octanol–water partition coefficient (Wildman–Crippen LogP) is 18.7. The van der Waals surface area contributed by atoms with Crippen LogP contribution in [0.3, 0.4) is 0 Å². The fraction of sp³-hybridized carbons (Fsp3) is 0.863. The normalized spacial score (nSPS) is 25.0. The number of aliphatic hydroxyl groups is 11. The third-order valence-corrected chi connectivity index (χ3v) is 23.3. The van der Waals surface area contributed by atoms with Crippen LogP contribution in [0.5, 0.6) is 0 Å². The Morgan fingerprint density at radius 1 is 0.325 bits per heavy atom. The quantitative estimate of drug-likeness (QED) is 0.0199. The van der Waals surface area contributed by atoms with Gasteiger partial charge in [-0.15, -0.1) is 0 Å². The van der Waals surface area contributed by atoms with Crippen LogP contribution >= 0.6 is 0 Å². The van der Waals surface area contributed by atoms with E-state index in [0.29, 0.717) is 6.42 Å². The van der Waals surface area contributed by atoms with Crippen LogP contribution in [0, 0.1) is 0 Å². The molecule has 3 heterocycles. The van der Waals surface area contributed by atoms with Gasteiger partial charge in [0.25, 0.3) is 0 Å². The summed E-state index contributed by atoms with van der Waals surface area (Å²) in [4.78, 5) is 13.5. The first-order valence-corrected chi connectivity index (χ1v) is 47.2. The predicted molar refractivity (Wildman–Crippen MR) is 462 cm³/mol. The molecule has 12 N–H and O–H groups in total. The SMILES string of the molecule is CC/C=C\C/C=C\C/C=C\C/C=C\C/C=C\CCCCCCCCCCCCCCCCCCCCCCCCCC(=O)NC(COC1OC(CO)C(OC2OC(CO)C(OC3OC(CO)C(O)C(O)C3O)C(O)C2O)C(O)C1O)C(O)/C=C/CCCCCCCCCCCCCCCCCCCCCCCCCCCCCC. The topological polar surface area (TPSA) is 307 Å². The van der Waals surface area contributed by atoms with Crippen LogP contribution in [0.2, 0.25) is 0 Å². The number of ether oxygens (including phenoxy) is 6. The van der Waals surface area contributed by atoms with E-state index in [0.717, 1.165) is 77.0 Å². The summed E-state index contributed by atoms with van der Waals surface area (Å²) in [6.07, 6.45) is 73.5. The molecule has 0 aromatic heterocycles. The van der Waals surface area contributed by atoms with E-state index in [4.69, 9.17) is 28.4 Å². The minimum atomic E-state index is -1.98. The van der Waals surface area contributed by atoms with Gasteiger partial charge in [-0.05, 0) is 64.2 Å². The fourth-order valence-corrected chi connectivity index (χ4v) is 15.8. The van der Waals surface area contributed by atoms with Crippen LogP contribution < -0.4 is 5.32 Å². The van der Waals surface area contributed by atoms with E-state index in [1.165, 1.54) is 289 Å². The van der Waals surface area contributed by atoms with Gasteiger partial charge in [-0.25, -0.2) is 0 Å². The van der Waals surface area contributed by atoms with E-state index >= 15 is 0 Å². The molecule has 114 heavy (non-hydrogen) atoms. The number of hydrogen-bond acceptors (Lipinski definition) is 18. The minimum Gasteiger partial charge on any atom is -0.394 e. The number of rotatable bonds is 77. The molecule has 17 unspecified atom stereocenters. The second kappa shape index (κ2) is 74.1. The standard InChI is InChI=1S/C95H173NO18/c1-3-5-7-9-11-13-15-17-19-21-23-25-27-29-31-33-35-36-37-38-39-40-41-42-43-45-47-49-51-53-55-57-59-61-63-65-67-69-71-73-83(101)96-78(79(100)72-70-68-66-64-62-60-58-56-54-52-50-48-46-44-34-32-30-28-26-24-22-20-18-16-14-12-10-8-6-4-2)77-109-93-89(107)86(104)91(81(75-98)111-93)114-95-90(108)87(105)92(82(76-99)112-95)113-94-88(106)85(103)84(102)80(74-97)110-94/h5,7,11,13,17,19,23,25,29,31,70,72,78-82,84-95,97-100,102-108H,3-4,6,8-10,12,14-16,18,20-22,24,26-28,30,32-69,71,73-77H2,1-2H3,(H,96,101)/b7-5-,13-11-,19-17-,25-23-,31-29-,72-70+. The Balaban J connectivity index is 1.30. The van der Waals surface area contributed by atoms with Crippen LogP contribution in [0.15, 0.2) is 72.9 Å². The zero-order valence-electron chi connectivity index (χ0n) is 72.1. The summed E-state index contributed by atoms with van der Waals surface area (Å²) in [5.74, 6) is -0.268. The summed E-state index contributed by atoms with van der Waals surface area (Å²) in [6, 6.07) is -0.976. The molecule has 17 atom stereocenters. The zero-order chi connectivity index (χ0) is 82.4. The van der Waals surface area contributed by atoms with Crippen molar-refractivity contribution in [2.45, 2.75) is 497 Å². The Kier molecular flexibility index (Phi) is 68.5. The Hall–Kier alpha value is -2.77. The number of hydrogen-bond donors (Lipinski definition) is 12. The number of carbonyl (C=O) groups excluding carboxylic acids is 1. The molecule has 1 amide bonds. The van der Waals surface area contributed by atoms with Gasteiger partial charge in [0, 0.05) is 6.42 Å². The first-order valence-electron chi connectivity index (χ1n) is 47.2. The second-order valence-electron chi connectivity index (χ2n) is 33.5. The Bertz CT molecular complexity index is 2340. The van der Waals surface area contributed by atoms with Gasteiger partial charge >= 0.3 is 0 Å². The molecule has 0 saturated carbocycles. The highest BCUT2D eigenvalue weighted by Gasteiger charge is 2.54. The zero-order valence-corrected chi connectivity index (χ0v) is 72.1. The average molecular weight is 1620 g/mol. The van der Waals surface area contributed by atoms with Gasteiger partial charge < -0.3 is 89.9 Å². The molecule has 3 fully saturated rings. The smallest absolute Gasteiger partial charge is 0.220 e. The highest BCUT2D eigenvalue weighted by molar-refractivity contribution is 5.76. The van der Waals surface area contributed by atoms with Crippen LogP contribution in [-0.4, -0.2) is 193 Å². The van der Waals surface area contributed by atoms with Crippen molar-refractivity contribution in [1.29, 1.82) is 0 Å². The molecule has 0 aromatic rings. The number of unbranched alkanes of at least 4 members (excludes halogenated alkanes) is 51. The lowest BCUT2D eigenvalue weighted by atomic mass is 9.96. The fourth-order valence-electron chi connectivity index (χ4n) is 15.8. The summed E-state index contributed by atoms with van der Waals surface area (Å²) >= 11 is 0. The minimum absolute atomic E-state index is 0.246. The van der Waals surface area contributed by atoms with E-state index in [1.807, 2.05) is 6.08 Å². The van der Waals surface area contributed by atoms with Gasteiger partial charge in [-0.1, -0.05) is 395 Å². The van der Waals surface area contributed by atoms with Gasteiger partial charge in [0.15, 0.2) is 18.9 Å². The lowest BCUT2D eigenvalue weighted by Crippen LogP contribution is -2.66. The van der Waals surface area contributed by atoms with Gasteiger partial charge in [-0.2, -0.15) is 0 Å². The average Bonchev–Trinajstić information content (AvgIpc) is 0.783. The molecule has 0 aliphatic carbocycles. The molecule has 3 rings (SSSR count). The summed E-state index contributed by atoms with van der Waals surface area (Å²) in [7, 11) is 0. The summed E-state index contributed by atoms with van der Waals surface area (Å²) in [5.41, 5.74) is 0.